The van der Waals surface area contributed by atoms with E-state index in [0.717, 1.165) is 16.6 Å². The summed E-state index contributed by atoms with van der Waals surface area (Å²) in [5, 5.41) is 11.5. The van der Waals surface area contributed by atoms with Gasteiger partial charge in [0, 0.05) is 23.7 Å². The molecule has 0 radical (unpaired) electrons. The van der Waals surface area contributed by atoms with Crippen molar-refractivity contribution in [3.05, 3.63) is 59.0 Å². The molecule has 1 aromatic carbocycles. The zero-order valence-corrected chi connectivity index (χ0v) is 13.9. The number of pyridine rings is 1. The van der Waals surface area contributed by atoms with Crippen LogP contribution in [0.3, 0.4) is 0 Å². The lowest BCUT2D eigenvalue weighted by Gasteiger charge is -2.17. The number of fused-ring (bicyclic) bond motifs is 1. The van der Waals surface area contributed by atoms with E-state index in [4.69, 9.17) is 17.3 Å². The molecule has 3 rings (SSSR count). The molecule has 0 saturated carbocycles. The number of para-hydroxylation sites is 1. The van der Waals surface area contributed by atoms with Gasteiger partial charge >= 0.3 is 0 Å². The van der Waals surface area contributed by atoms with Crippen LogP contribution in [-0.2, 0) is 11.2 Å². The molecule has 0 saturated heterocycles. The van der Waals surface area contributed by atoms with Gasteiger partial charge in [0.05, 0.1) is 28.3 Å². The fourth-order valence-electron chi connectivity index (χ4n) is 2.59. The highest BCUT2D eigenvalue weighted by molar-refractivity contribution is 6.31. The van der Waals surface area contributed by atoms with E-state index in [9.17, 15) is 4.79 Å². The first-order valence-corrected chi connectivity index (χ1v) is 8.02. The Morgan fingerprint density at radius 1 is 1.33 bits per heavy atom. The van der Waals surface area contributed by atoms with Gasteiger partial charge in [-0.15, -0.1) is 0 Å². The second kappa shape index (κ2) is 6.98. The number of halogens is 1. The van der Waals surface area contributed by atoms with Crippen molar-refractivity contribution in [3.63, 3.8) is 0 Å². The van der Waals surface area contributed by atoms with Crippen molar-refractivity contribution >= 4 is 28.4 Å². The minimum absolute atomic E-state index is 0.261. The summed E-state index contributed by atoms with van der Waals surface area (Å²) in [7, 11) is 0. The van der Waals surface area contributed by atoms with Crippen molar-refractivity contribution < 1.29 is 4.79 Å². The molecular formula is C17H18ClN5O. The third kappa shape index (κ3) is 3.39. The van der Waals surface area contributed by atoms with Crippen molar-refractivity contribution in [2.24, 2.45) is 5.73 Å². The average molecular weight is 344 g/mol. The number of aromatic amines is 1. The highest BCUT2D eigenvalue weighted by atomic mass is 35.5. The monoisotopic (exact) mass is 343 g/mol. The van der Waals surface area contributed by atoms with E-state index in [1.807, 2.05) is 31.2 Å². The average Bonchev–Trinajstić information content (AvgIpc) is 2.98. The van der Waals surface area contributed by atoms with E-state index in [1.54, 1.807) is 18.3 Å². The molecule has 24 heavy (non-hydrogen) atoms. The second-order valence-corrected chi connectivity index (χ2v) is 6.04. The first-order valence-electron chi connectivity index (χ1n) is 7.64. The summed E-state index contributed by atoms with van der Waals surface area (Å²) in [6.45, 7) is 1.82. The van der Waals surface area contributed by atoms with Gasteiger partial charge in [0.25, 0.3) is 0 Å². The Morgan fingerprint density at radius 2 is 2.12 bits per heavy atom. The molecule has 0 aliphatic carbocycles. The maximum absolute atomic E-state index is 12.4. The molecule has 2 heterocycles. The van der Waals surface area contributed by atoms with Gasteiger partial charge in [0.15, 0.2) is 0 Å². The summed E-state index contributed by atoms with van der Waals surface area (Å²) in [5.41, 5.74) is 8.37. The third-order valence-electron chi connectivity index (χ3n) is 3.86. The van der Waals surface area contributed by atoms with Gasteiger partial charge in [-0.1, -0.05) is 29.8 Å². The van der Waals surface area contributed by atoms with E-state index >= 15 is 0 Å². The molecule has 0 fully saturated rings. The second-order valence-electron chi connectivity index (χ2n) is 5.63. The minimum atomic E-state index is -0.696. The van der Waals surface area contributed by atoms with Gasteiger partial charge < -0.3 is 11.1 Å². The van der Waals surface area contributed by atoms with Gasteiger partial charge in [-0.3, -0.25) is 14.9 Å². The Hall–Kier alpha value is -2.44. The lowest BCUT2D eigenvalue weighted by atomic mass is 10.1. The Bertz CT molecular complexity index is 863. The van der Waals surface area contributed by atoms with E-state index < -0.39 is 6.04 Å². The largest absolute Gasteiger partial charge is 0.347 e. The standard InChI is InChI=1S/C17H18ClN5O/c1-10(16-12(18)6-4-8-20-16)21-17(24)13(19)9-15-11-5-2-3-7-14(11)22-23-15/h2-8,10,13H,9,19H2,1H3,(H,21,24)(H,22,23). The number of hydrogen-bond acceptors (Lipinski definition) is 4. The quantitative estimate of drug-likeness (QED) is 0.662. The smallest absolute Gasteiger partial charge is 0.237 e. The van der Waals surface area contributed by atoms with Gasteiger partial charge in [0.1, 0.15) is 0 Å². The number of carbonyl (C=O) groups excluding carboxylic acids is 1. The summed E-state index contributed by atoms with van der Waals surface area (Å²) in [6, 6.07) is 10.2. The number of nitrogens with two attached hydrogens (primary N) is 1. The molecule has 0 aliphatic rings. The van der Waals surface area contributed by atoms with Crippen LogP contribution in [0.25, 0.3) is 10.9 Å². The molecule has 0 bridgehead atoms. The number of H-pyrrole nitrogens is 1. The Balaban J connectivity index is 1.68. The zero-order valence-electron chi connectivity index (χ0n) is 13.2. The summed E-state index contributed by atoms with van der Waals surface area (Å²) in [5.74, 6) is -0.261. The topological polar surface area (TPSA) is 96.7 Å². The van der Waals surface area contributed by atoms with Gasteiger partial charge in [-0.25, -0.2) is 0 Å². The molecule has 6 nitrogen and oxygen atoms in total. The van der Waals surface area contributed by atoms with Crippen LogP contribution in [0, 0.1) is 0 Å². The SMILES string of the molecule is CC(NC(=O)C(N)Cc1[nH]nc2ccccc12)c1ncccc1Cl. The van der Waals surface area contributed by atoms with Crippen molar-refractivity contribution in [3.8, 4) is 0 Å². The van der Waals surface area contributed by atoms with Crippen LogP contribution in [0.4, 0.5) is 0 Å². The van der Waals surface area contributed by atoms with Gasteiger partial charge in [-0.2, -0.15) is 5.10 Å². The van der Waals surface area contributed by atoms with Crippen LogP contribution in [0.15, 0.2) is 42.6 Å². The summed E-state index contributed by atoms with van der Waals surface area (Å²) in [4.78, 5) is 16.6. The van der Waals surface area contributed by atoms with Crippen molar-refractivity contribution in [2.75, 3.05) is 0 Å². The number of amides is 1. The number of hydrogen-bond donors (Lipinski definition) is 3. The minimum Gasteiger partial charge on any atom is -0.347 e. The molecule has 1 amide bonds. The Kier molecular flexibility index (Phi) is 4.78. The predicted octanol–water partition coefficient (Wildman–Crippen LogP) is 2.36. The Labute approximate surface area is 144 Å². The number of nitrogens with one attached hydrogen (secondary N) is 2. The maximum atomic E-state index is 12.4. The van der Waals surface area contributed by atoms with E-state index in [2.05, 4.69) is 20.5 Å². The van der Waals surface area contributed by atoms with Crippen LogP contribution in [-0.4, -0.2) is 27.1 Å². The van der Waals surface area contributed by atoms with Gasteiger partial charge in [0.2, 0.25) is 5.91 Å². The van der Waals surface area contributed by atoms with Crippen LogP contribution < -0.4 is 11.1 Å². The predicted molar refractivity (Wildman–Crippen MR) is 93.6 cm³/mol. The molecule has 0 aliphatic heterocycles. The fraction of sp³-hybridized carbons (Fsp3) is 0.235. The third-order valence-corrected chi connectivity index (χ3v) is 4.18. The summed E-state index contributed by atoms with van der Waals surface area (Å²) < 4.78 is 0. The summed E-state index contributed by atoms with van der Waals surface area (Å²) >= 11 is 6.10. The van der Waals surface area contributed by atoms with Gasteiger partial charge in [-0.05, 0) is 25.1 Å². The molecule has 3 aromatic rings. The Morgan fingerprint density at radius 3 is 2.92 bits per heavy atom. The van der Waals surface area contributed by atoms with E-state index in [-0.39, 0.29) is 11.9 Å². The van der Waals surface area contributed by atoms with Crippen LogP contribution in [0.5, 0.6) is 0 Å². The van der Waals surface area contributed by atoms with E-state index in [1.165, 1.54) is 0 Å². The molecule has 0 spiro atoms. The number of nitrogens with zero attached hydrogens (tertiary/aromatic N) is 2. The van der Waals surface area contributed by atoms with E-state index in [0.29, 0.717) is 17.1 Å². The zero-order chi connectivity index (χ0) is 17.1. The number of benzene rings is 1. The molecule has 2 aromatic heterocycles. The lowest BCUT2D eigenvalue weighted by molar-refractivity contribution is -0.123. The number of aromatic nitrogens is 3. The summed E-state index contributed by atoms with van der Waals surface area (Å²) in [6.07, 6.45) is 2.01. The number of rotatable bonds is 5. The van der Waals surface area contributed by atoms with Crippen molar-refractivity contribution in [2.45, 2.75) is 25.4 Å². The highest BCUT2D eigenvalue weighted by Gasteiger charge is 2.20. The number of carbonyl (C=O) groups is 1. The highest BCUT2D eigenvalue weighted by Crippen LogP contribution is 2.20. The first-order chi connectivity index (χ1) is 11.6. The van der Waals surface area contributed by atoms with Crippen molar-refractivity contribution in [1.29, 1.82) is 0 Å². The fourth-order valence-corrected chi connectivity index (χ4v) is 2.87. The normalized spacial score (nSPS) is 13.6. The molecular weight excluding hydrogens is 326 g/mol. The first kappa shape index (κ1) is 16.4. The van der Waals surface area contributed by atoms with Crippen LogP contribution in [0.2, 0.25) is 5.02 Å². The maximum Gasteiger partial charge on any atom is 0.237 e. The molecule has 2 unspecified atom stereocenters. The van der Waals surface area contributed by atoms with Crippen LogP contribution in [0.1, 0.15) is 24.4 Å². The van der Waals surface area contributed by atoms with Crippen LogP contribution >= 0.6 is 11.6 Å². The van der Waals surface area contributed by atoms with Crippen molar-refractivity contribution in [1.82, 2.24) is 20.5 Å². The molecule has 2 atom stereocenters. The molecule has 124 valence electrons. The lowest BCUT2D eigenvalue weighted by Crippen LogP contribution is -2.43. The molecule has 4 N–H and O–H groups in total. The molecule has 7 heteroatoms.